The number of nitrogens with zero attached hydrogens (tertiary/aromatic N) is 2. The van der Waals surface area contributed by atoms with Gasteiger partial charge in [-0.3, -0.25) is 0 Å². The number of methoxy groups -OCH3 is 1. The molecule has 4 nitrogen and oxygen atoms in total. The molecule has 0 saturated heterocycles. The third kappa shape index (κ3) is 7.48. The molecule has 0 aliphatic carbocycles. The molecule has 136 valence electrons. The number of benzene rings is 1. The van der Waals surface area contributed by atoms with Gasteiger partial charge in [0.15, 0.2) is 0 Å². The van der Waals surface area contributed by atoms with Crippen LogP contribution in [0.2, 0.25) is 0 Å². The van der Waals surface area contributed by atoms with Gasteiger partial charge >= 0.3 is 0 Å². The molecule has 0 fully saturated rings. The fourth-order valence-electron chi connectivity index (χ4n) is 2.80. The normalized spacial score (nSPS) is 11.6. The second-order valence-electron chi connectivity index (χ2n) is 7.01. The molecule has 0 aromatic heterocycles. The van der Waals surface area contributed by atoms with Gasteiger partial charge in [-0.25, -0.2) is 0 Å². The summed E-state index contributed by atoms with van der Waals surface area (Å²) in [5.74, 6) is 2.72. The first-order chi connectivity index (χ1) is 12.0. The topological polar surface area (TPSA) is 66.0 Å². The van der Waals surface area contributed by atoms with Crippen molar-refractivity contribution in [2.75, 3.05) is 13.7 Å². The van der Waals surface area contributed by atoms with E-state index in [1.165, 1.54) is 19.3 Å². The SMILES string of the molecule is COc1cc(CC#N)c(OCC[C@H](C)CCCC(C)C)cc1CC#N. The lowest BCUT2D eigenvalue weighted by molar-refractivity contribution is 0.273. The van der Waals surface area contributed by atoms with Crippen molar-refractivity contribution < 1.29 is 9.47 Å². The fourth-order valence-corrected chi connectivity index (χ4v) is 2.80. The van der Waals surface area contributed by atoms with Gasteiger partial charge in [-0.2, -0.15) is 10.5 Å². The van der Waals surface area contributed by atoms with Crippen LogP contribution in [0.3, 0.4) is 0 Å². The second kappa shape index (κ2) is 11.4. The maximum Gasteiger partial charge on any atom is 0.124 e. The predicted molar refractivity (Wildman–Crippen MR) is 99.6 cm³/mol. The molecular weight excluding hydrogens is 312 g/mol. The molecule has 1 aromatic rings. The van der Waals surface area contributed by atoms with Gasteiger partial charge in [-0.1, -0.05) is 40.0 Å². The lowest BCUT2D eigenvalue weighted by atomic mass is 9.97. The van der Waals surface area contributed by atoms with Gasteiger partial charge in [-0.05, 0) is 30.4 Å². The minimum absolute atomic E-state index is 0.262. The van der Waals surface area contributed by atoms with E-state index in [4.69, 9.17) is 20.0 Å². The van der Waals surface area contributed by atoms with Crippen LogP contribution in [0.15, 0.2) is 12.1 Å². The van der Waals surface area contributed by atoms with Crippen molar-refractivity contribution in [3.8, 4) is 23.6 Å². The summed E-state index contributed by atoms with van der Waals surface area (Å²) < 4.78 is 11.3. The van der Waals surface area contributed by atoms with Gasteiger partial charge in [0.2, 0.25) is 0 Å². The molecule has 1 atom stereocenters. The lowest BCUT2D eigenvalue weighted by Gasteiger charge is -2.16. The molecule has 0 bridgehead atoms. The molecular formula is C21H30N2O2. The van der Waals surface area contributed by atoms with Crippen molar-refractivity contribution in [2.45, 2.75) is 59.3 Å². The van der Waals surface area contributed by atoms with Crippen molar-refractivity contribution in [3.63, 3.8) is 0 Å². The van der Waals surface area contributed by atoms with E-state index in [9.17, 15) is 0 Å². The van der Waals surface area contributed by atoms with E-state index in [1.807, 2.05) is 12.1 Å². The Balaban J connectivity index is 2.68. The molecule has 0 heterocycles. The molecule has 0 aliphatic rings. The number of ether oxygens (including phenoxy) is 2. The first kappa shape index (κ1) is 20.8. The average Bonchev–Trinajstić information content (AvgIpc) is 2.56. The number of hydrogen-bond acceptors (Lipinski definition) is 4. The van der Waals surface area contributed by atoms with Gasteiger partial charge in [-0.15, -0.1) is 0 Å². The Kier molecular flexibility index (Phi) is 9.48. The summed E-state index contributed by atoms with van der Waals surface area (Å²) in [6, 6.07) is 7.97. The van der Waals surface area contributed by atoms with Crippen LogP contribution in [-0.2, 0) is 12.8 Å². The standard InChI is InChI=1S/C21H30N2O2/c1-16(2)6-5-7-17(3)10-13-25-21-15-18(8-11-22)20(24-4)14-19(21)9-12-23/h14-17H,5-10,13H2,1-4H3/t17-/m1/s1. The predicted octanol–water partition coefficient (Wildman–Crippen LogP) is 5.06. The van der Waals surface area contributed by atoms with Gasteiger partial charge < -0.3 is 9.47 Å². The highest BCUT2D eigenvalue weighted by molar-refractivity contribution is 5.48. The molecule has 0 saturated carbocycles. The number of rotatable bonds is 11. The van der Waals surface area contributed by atoms with E-state index in [0.29, 0.717) is 24.0 Å². The molecule has 0 radical (unpaired) electrons. The molecule has 0 unspecified atom stereocenters. The summed E-state index contributed by atoms with van der Waals surface area (Å²) in [5.41, 5.74) is 1.61. The Morgan fingerprint density at radius 2 is 1.52 bits per heavy atom. The van der Waals surface area contributed by atoms with Gasteiger partial charge in [0.25, 0.3) is 0 Å². The van der Waals surface area contributed by atoms with E-state index in [0.717, 1.165) is 23.5 Å². The average molecular weight is 342 g/mol. The molecule has 0 N–H and O–H groups in total. The summed E-state index contributed by atoms with van der Waals surface area (Å²) in [6.45, 7) is 7.40. The third-order valence-corrected chi connectivity index (χ3v) is 4.35. The van der Waals surface area contributed by atoms with Crippen LogP contribution in [0.1, 0.15) is 57.6 Å². The summed E-state index contributed by atoms with van der Waals surface area (Å²) in [4.78, 5) is 0. The van der Waals surface area contributed by atoms with E-state index in [2.05, 4.69) is 32.9 Å². The van der Waals surface area contributed by atoms with Crippen molar-refractivity contribution in [2.24, 2.45) is 11.8 Å². The zero-order valence-electron chi connectivity index (χ0n) is 16.0. The first-order valence-electron chi connectivity index (χ1n) is 9.08. The van der Waals surface area contributed by atoms with Crippen molar-refractivity contribution in [1.29, 1.82) is 10.5 Å². The largest absolute Gasteiger partial charge is 0.496 e. The summed E-state index contributed by atoms with van der Waals surface area (Å²) >= 11 is 0. The van der Waals surface area contributed by atoms with Crippen LogP contribution in [0.5, 0.6) is 11.5 Å². The minimum Gasteiger partial charge on any atom is -0.496 e. The maximum absolute atomic E-state index is 9.04. The van der Waals surface area contributed by atoms with Crippen LogP contribution in [0, 0.1) is 34.5 Å². The molecule has 0 aliphatic heterocycles. The second-order valence-corrected chi connectivity index (χ2v) is 7.01. The van der Waals surface area contributed by atoms with Crippen LogP contribution >= 0.6 is 0 Å². The van der Waals surface area contributed by atoms with Gasteiger partial charge in [0.05, 0.1) is 38.7 Å². The van der Waals surface area contributed by atoms with Gasteiger partial charge in [0, 0.05) is 11.1 Å². The number of nitriles is 2. The van der Waals surface area contributed by atoms with Crippen LogP contribution < -0.4 is 9.47 Å². The zero-order valence-corrected chi connectivity index (χ0v) is 16.0. The summed E-state index contributed by atoms with van der Waals surface area (Å²) in [6.07, 6.45) is 5.26. The highest BCUT2D eigenvalue weighted by Crippen LogP contribution is 2.30. The first-order valence-corrected chi connectivity index (χ1v) is 9.08. The van der Waals surface area contributed by atoms with E-state index < -0.39 is 0 Å². The molecule has 25 heavy (non-hydrogen) atoms. The lowest BCUT2D eigenvalue weighted by Crippen LogP contribution is -2.07. The molecule has 1 aromatic carbocycles. The van der Waals surface area contributed by atoms with Crippen LogP contribution in [-0.4, -0.2) is 13.7 Å². The quantitative estimate of drug-likeness (QED) is 0.564. The Morgan fingerprint density at radius 3 is 2.08 bits per heavy atom. The van der Waals surface area contributed by atoms with Crippen LogP contribution in [0.25, 0.3) is 0 Å². The van der Waals surface area contributed by atoms with Crippen molar-refractivity contribution in [3.05, 3.63) is 23.3 Å². The smallest absolute Gasteiger partial charge is 0.124 e. The monoisotopic (exact) mass is 342 g/mol. The molecule has 0 amide bonds. The Bertz CT molecular complexity index is 612. The van der Waals surface area contributed by atoms with Gasteiger partial charge in [0.1, 0.15) is 11.5 Å². The van der Waals surface area contributed by atoms with E-state index in [-0.39, 0.29) is 12.8 Å². The summed E-state index contributed by atoms with van der Waals surface area (Å²) in [5, 5.41) is 18.0. The Hall–Kier alpha value is -2.20. The highest BCUT2D eigenvalue weighted by Gasteiger charge is 2.12. The zero-order chi connectivity index (χ0) is 18.7. The Labute approximate surface area is 152 Å². The van der Waals surface area contributed by atoms with Crippen molar-refractivity contribution >= 4 is 0 Å². The maximum atomic E-state index is 9.04. The molecule has 4 heteroatoms. The number of hydrogen-bond donors (Lipinski definition) is 0. The summed E-state index contributed by atoms with van der Waals surface area (Å²) in [7, 11) is 1.58. The Morgan fingerprint density at radius 1 is 0.920 bits per heavy atom. The minimum atomic E-state index is 0.262. The highest BCUT2D eigenvalue weighted by atomic mass is 16.5. The fraction of sp³-hybridized carbons (Fsp3) is 0.619. The molecule has 1 rings (SSSR count). The van der Waals surface area contributed by atoms with E-state index >= 15 is 0 Å². The molecule has 0 spiro atoms. The van der Waals surface area contributed by atoms with Crippen molar-refractivity contribution in [1.82, 2.24) is 0 Å². The third-order valence-electron chi connectivity index (χ3n) is 4.35. The van der Waals surface area contributed by atoms with E-state index in [1.54, 1.807) is 7.11 Å². The van der Waals surface area contributed by atoms with Crippen LogP contribution in [0.4, 0.5) is 0 Å².